The molecule has 0 radical (unpaired) electrons. The van der Waals surface area contributed by atoms with Gasteiger partial charge in [0, 0.05) is 24.1 Å². The fourth-order valence-corrected chi connectivity index (χ4v) is 7.56. The van der Waals surface area contributed by atoms with Gasteiger partial charge in [0.05, 0.1) is 25.3 Å². The SMILES string of the molecule is O=C(OC1CCOP(=O)(OP(=O)(O)OC[C@H]2O[C@@H](n3ccc(=O)n(Cc4noc5ccccc45)c3=O)[C@H](O)[C@@H]2O)O1)c1ccccc1. The van der Waals surface area contributed by atoms with Gasteiger partial charge in [-0.1, -0.05) is 35.5 Å². The van der Waals surface area contributed by atoms with Crippen LogP contribution in [0.3, 0.4) is 0 Å². The lowest BCUT2D eigenvalue weighted by molar-refractivity contribution is -0.0931. The van der Waals surface area contributed by atoms with Crippen LogP contribution in [0, 0.1) is 0 Å². The van der Waals surface area contributed by atoms with Gasteiger partial charge in [0.2, 0.25) is 6.29 Å². The molecular weight excluding hydrogens is 668 g/mol. The monoisotopic (exact) mass is 695 g/mol. The zero-order valence-corrected chi connectivity index (χ0v) is 25.8. The largest absolute Gasteiger partial charge is 0.486 e. The van der Waals surface area contributed by atoms with Crippen molar-refractivity contribution in [1.29, 1.82) is 0 Å². The zero-order chi connectivity index (χ0) is 33.3. The van der Waals surface area contributed by atoms with Crippen LogP contribution >= 0.6 is 15.6 Å². The van der Waals surface area contributed by atoms with Crippen LogP contribution in [0.15, 0.2) is 81.0 Å². The lowest BCUT2D eigenvalue weighted by atomic mass is 10.1. The van der Waals surface area contributed by atoms with Crippen LogP contribution in [0.5, 0.6) is 0 Å². The van der Waals surface area contributed by atoms with Crippen molar-refractivity contribution in [3.63, 3.8) is 0 Å². The first-order chi connectivity index (χ1) is 22.4. The first kappa shape index (κ1) is 33.1. The van der Waals surface area contributed by atoms with E-state index in [2.05, 4.69) is 9.47 Å². The van der Waals surface area contributed by atoms with Gasteiger partial charge in [-0.05, 0) is 24.3 Å². The number of fused-ring (bicyclic) bond motifs is 1. The normalized spacial score (nSPS) is 27.4. The molecule has 250 valence electrons. The second kappa shape index (κ2) is 13.4. The fraction of sp³-hybridized carbons (Fsp3) is 0.333. The smallest absolute Gasteiger partial charge is 0.431 e. The molecule has 0 amide bonds. The van der Waals surface area contributed by atoms with E-state index in [0.29, 0.717) is 16.7 Å². The second-order valence-corrected chi connectivity index (χ2v) is 13.5. The second-order valence-electron chi connectivity index (χ2n) is 10.3. The van der Waals surface area contributed by atoms with Gasteiger partial charge in [-0.15, -0.1) is 0 Å². The number of aromatic nitrogens is 3. The minimum absolute atomic E-state index is 0.0637. The minimum Gasteiger partial charge on any atom is -0.431 e. The Balaban J connectivity index is 1.10. The Hall–Kier alpha value is -3.80. The van der Waals surface area contributed by atoms with Crippen LogP contribution < -0.4 is 11.2 Å². The molecule has 4 aromatic rings. The van der Waals surface area contributed by atoms with Crippen molar-refractivity contribution < 1.29 is 60.9 Å². The Morgan fingerprint density at radius 3 is 2.60 bits per heavy atom. The third-order valence-electron chi connectivity index (χ3n) is 7.17. The van der Waals surface area contributed by atoms with E-state index in [1.165, 1.54) is 12.1 Å². The van der Waals surface area contributed by atoms with E-state index in [1.54, 1.807) is 42.5 Å². The molecule has 2 aliphatic rings. The van der Waals surface area contributed by atoms with Crippen molar-refractivity contribution >= 4 is 32.6 Å². The summed E-state index contributed by atoms with van der Waals surface area (Å²) in [5.74, 6) is -0.811. The minimum atomic E-state index is -5.27. The molecule has 0 saturated carbocycles. The summed E-state index contributed by atoms with van der Waals surface area (Å²) in [4.78, 5) is 48.5. The first-order valence-corrected chi connectivity index (χ1v) is 16.9. The number of para-hydroxylation sites is 1. The molecule has 20 heteroatoms. The van der Waals surface area contributed by atoms with Crippen LogP contribution in [0.1, 0.15) is 28.7 Å². The van der Waals surface area contributed by atoms with E-state index in [-0.39, 0.29) is 25.1 Å². The number of phosphoric acid groups is 2. The molecule has 7 atom stereocenters. The number of nitrogens with zero attached hydrogens (tertiary/aromatic N) is 3. The lowest BCUT2D eigenvalue weighted by Crippen LogP contribution is -2.43. The number of carbonyl (C=O) groups is 1. The molecule has 6 rings (SSSR count). The van der Waals surface area contributed by atoms with Gasteiger partial charge >= 0.3 is 27.3 Å². The Kier molecular flexibility index (Phi) is 9.42. The van der Waals surface area contributed by atoms with Gasteiger partial charge in [-0.2, -0.15) is 4.31 Å². The molecule has 2 aromatic heterocycles. The lowest BCUT2D eigenvalue weighted by Gasteiger charge is -2.29. The third kappa shape index (κ3) is 7.22. The molecule has 47 heavy (non-hydrogen) atoms. The van der Waals surface area contributed by atoms with Crippen molar-refractivity contribution in [2.75, 3.05) is 13.2 Å². The molecule has 2 aromatic carbocycles. The molecule has 3 N–H and O–H groups in total. The Bertz CT molecular complexity index is 1980. The van der Waals surface area contributed by atoms with E-state index in [0.717, 1.165) is 21.4 Å². The first-order valence-electron chi connectivity index (χ1n) is 14.0. The average molecular weight is 695 g/mol. The summed E-state index contributed by atoms with van der Waals surface area (Å²) in [6.07, 6.45) is -7.05. The molecule has 0 spiro atoms. The van der Waals surface area contributed by atoms with Gasteiger partial charge < -0.3 is 29.1 Å². The molecule has 0 aliphatic carbocycles. The van der Waals surface area contributed by atoms with Crippen LogP contribution in [0.4, 0.5) is 0 Å². The maximum atomic E-state index is 13.3. The van der Waals surface area contributed by atoms with Gasteiger partial charge in [0.1, 0.15) is 24.0 Å². The molecule has 18 nitrogen and oxygen atoms in total. The maximum absolute atomic E-state index is 13.3. The van der Waals surface area contributed by atoms with Crippen LogP contribution in [-0.4, -0.2) is 73.2 Å². The van der Waals surface area contributed by atoms with Crippen molar-refractivity contribution in [3.05, 3.63) is 99.0 Å². The Morgan fingerprint density at radius 2 is 1.81 bits per heavy atom. The summed E-state index contributed by atoms with van der Waals surface area (Å²) in [6, 6.07) is 15.7. The Labute approximate surface area is 263 Å². The predicted octanol–water partition coefficient (Wildman–Crippen LogP) is 1.68. The van der Waals surface area contributed by atoms with Crippen LogP contribution in [0.2, 0.25) is 0 Å². The number of ether oxygens (including phenoxy) is 2. The maximum Gasteiger partial charge on any atom is 0.486 e. The summed E-state index contributed by atoms with van der Waals surface area (Å²) in [5.41, 5.74) is -0.708. The third-order valence-corrected chi connectivity index (χ3v) is 10.3. The quantitative estimate of drug-likeness (QED) is 0.158. The number of aliphatic hydroxyl groups excluding tert-OH is 2. The molecule has 2 saturated heterocycles. The number of phosphoric ester groups is 2. The van der Waals surface area contributed by atoms with Crippen molar-refractivity contribution in [2.24, 2.45) is 0 Å². The number of hydrogen-bond donors (Lipinski definition) is 3. The molecule has 3 unspecified atom stereocenters. The number of esters is 1. The van der Waals surface area contributed by atoms with E-state index in [1.807, 2.05) is 0 Å². The summed E-state index contributed by atoms with van der Waals surface area (Å²) in [6.45, 7) is -1.52. The van der Waals surface area contributed by atoms with Crippen molar-refractivity contribution in [1.82, 2.24) is 14.3 Å². The van der Waals surface area contributed by atoms with Gasteiger partial charge in [0.25, 0.3) is 5.56 Å². The molecule has 2 aliphatic heterocycles. The van der Waals surface area contributed by atoms with E-state index < -0.39 is 70.3 Å². The number of rotatable bonds is 10. The molecule has 2 fully saturated rings. The van der Waals surface area contributed by atoms with E-state index in [9.17, 15) is 38.6 Å². The summed E-state index contributed by atoms with van der Waals surface area (Å²) < 4.78 is 62.7. The summed E-state index contributed by atoms with van der Waals surface area (Å²) in [7, 11) is -10.1. The van der Waals surface area contributed by atoms with E-state index >= 15 is 0 Å². The predicted molar refractivity (Wildman–Crippen MR) is 156 cm³/mol. The molecule has 0 bridgehead atoms. The molecule has 4 heterocycles. The highest BCUT2D eigenvalue weighted by Crippen LogP contribution is 2.65. The summed E-state index contributed by atoms with van der Waals surface area (Å²) in [5, 5.41) is 25.8. The highest BCUT2D eigenvalue weighted by molar-refractivity contribution is 7.61. The standard InChI is InChI=1S/C27H27N3O15P2/c31-21-10-12-29(27(35)30(21)14-18-17-8-4-5-9-19(17)43-28-18)25-24(33)23(32)20(41-25)15-40-46(36,37)45-47(38)39-13-11-22(44-47)42-26(34)16-6-2-1-3-7-16/h1-10,12,20,22-25,32-33H,11,13-15H2,(H,36,37)/t20-,22?,23-,24-,25-,47?/m1/s1. The summed E-state index contributed by atoms with van der Waals surface area (Å²) >= 11 is 0. The van der Waals surface area contributed by atoms with Crippen molar-refractivity contribution in [2.45, 2.75) is 43.8 Å². The number of aliphatic hydroxyl groups is 2. The number of carbonyl (C=O) groups excluding carboxylic acids is 1. The topological polar surface area (TPSA) is 237 Å². The fourth-order valence-electron chi connectivity index (χ4n) is 4.86. The van der Waals surface area contributed by atoms with Crippen LogP contribution in [0.25, 0.3) is 11.0 Å². The number of hydrogen-bond acceptors (Lipinski definition) is 15. The van der Waals surface area contributed by atoms with Gasteiger partial charge in [-0.3, -0.25) is 23.0 Å². The number of benzene rings is 2. The molecular formula is C27H27N3O15P2. The van der Waals surface area contributed by atoms with Crippen LogP contribution in [-0.2, 0) is 43.0 Å². The van der Waals surface area contributed by atoms with E-state index in [4.69, 9.17) is 27.6 Å². The average Bonchev–Trinajstić information content (AvgIpc) is 3.58. The highest BCUT2D eigenvalue weighted by atomic mass is 31.3. The van der Waals surface area contributed by atoms with Gasteiger partial charge in [0.15, 0.2) is 11.8 Å². The van der Waals surface area contributed by atoms with Gasteiger partial charge in [-0.25, -0.2) is 23.2 Å². The van der Waals surface area contributed by atoms with Crippen molar-refractivity contribution in [3.8, 4) is 0 Å². The zero-order valence-electron chi connectivity index (χ0n) is 24.0. The Morgan fingerprint density at radius 1 is 1.06 bits per heavy atom. The highest BCUT2D eigenvalue weighted by Gasteiger charge is 2.48.